The van der Waals surface area contributed by atoms with Crippen LogP contribution in [0.2, 0.25) is 0 Å². The zero-order chi connectivity index (χ0) is 19.4. The van der Waals surface area contributed by atoms with E-state index in [4.69, 9.17) is 10.00 Å². The van der Waals surface area contributed by atoms with Gasteiger partial charge in [-0.05, 0) is 49.6 Å². The van der Waals surface area contributed by atoms with Gasteiger partial charge in [0.2, 0.25) is 0 Å². The molecule has 1 atom stereocenters. The number of piperidine rings is 1. The van der Waals surface area contributed by atoms with Crippen molar-refractivity contribution in [2.45, 2.75) is 44.0 Å². The van der Waals surface area contributed by atoms with Crippen LogP contribution in [0.15, 0.2) is 54.6 Å². The summed E-state index contributed by atoms with van der Waals surface area (Å²) in [5, 5.41) is 9.09. The predicted octanol–water partition coefficient (Wildman–Crippen LogP) is 3.81. The number of nitriles is 1. The summed E-state index contributed by atoms with van der Waals surface area (Å²) in [6.07, 6.45) is 3.33. The summed E-state index contributed by atoms with van der Waals surface area (Å²) in [5.41, 5.74) is 3.39. The van der Waals surface area contributed by atoms with Crippen molar-refractivity contribution in [2.24, 2.45) is 0 Å². The summed E-state index contributed by atoms with van der Waals surface area (Å²) in [4.78, 5) is 4.94. The number of ether oxygens (including phenoxy) is 1. The monoisotopic (exact) mass is 375 g/mol. The van der Waals surface area contributed by atoms with E-state index in [9.17, 15) is 0 Å². The molecule has 0 aromatic heterocycles. The number of rotatable bonds is 5. The second-order valence-corrected chi connectivity index (χ2v) is 8.34. The van der Waals surface area contributed by atoms with Crippen molar-refractivity contribution in [3.63, 3.8) is 0 Å². The average Bonchev–Trinajstić information content (AvgIpc) is 3.15. The Morgan fingerprint density at radius 1 is 1.11 bits per heavy atom. The van der Waals surface area contributed by atoms with Gasteiger partial charge in [-0.25, -0.2) is 0 Å². The lowest BCUT2D eigenvalue weighted by Gasteiger charge is -2.39. The Morgan fingerprint density at radius 2 is 1.86 bits per heavy atom. The van der Waals surface area contributed by atoms with Gasteiger partial charge >= 0.3 is 0 Å². The van der Waals surface area contributed by atoms with Gasteiger partial charge in [-0.1, -0.05) is 42.5 Å². The molecule has 2 aliphatic rings. The minimum absolute atomic E-state index is 0.0562. The van der Waals surface area contributed by atoms with Crippen LogP contribution in [0, 0.1) is 11.3 Å². The van der Waals surface area contributed by atoms with Crippen LogP contribution in [0.5, 0.6) is 0 Å². The van der Waals surface area contributed by atoms with E-state index in [2.05, 4.69) is 59.3 Å². The number of likely N-dealkylation sites (N-methyl/N-ethyl adjacent to an activating group) is 1. The van der Waals surface area contributed by atoms with Crippen molar-refractivity contribution < 1.29 is 4.74 Å². The zero-order valence-corrected chi connectivity index (χ0v) is 16.7. The van der Waals surface area contributed by atoms with Gasteiger partial charge in [0.05, 0.1) is 23.8 Å². The molecule has 4 rings (SSSR count). The molecule has 0 saturated carbocycles. The molecule has 0 radical (unpaired) electrons. The molecule has 0 amide bonds. The molecule has 28 heavy (non-hydrogen) atoms. The predicted molar refractivity (Wildman–Crippen MR) is 111 cm³/mol. The average molecular weight is 376 g/mol. The van der Waals surface area contributed by atoms with Crippen molar-refractivity contribution in [3.05, 3.63) is 71.3 Å². The highest BCUT2D eigenvalue weighted by Gasteiger charge is 2.43. The van der Waals surface area contributed by atoms with Crippen LogP contribution in [-0.2, 0) is 17.8 Å². The van der Waals surface area contributed by atoms with Crippen LogP contribution in [0.4, 0.5) is 0 Å². The third-order valence-electron chi connectivity index (χ3n) is 6.32. The number of nitrogens with zero attached hydrogens (tertiary/aromatic N) is 3. The van der Waals surface area contributed by atoms with Crippen molar-refractivity contribution in [3.8, 4) is 6.07 Å². The van der Waals surface area contributed by atoms with E-state index >= 15 is 0 Å². The smallest absolute Gasteiger partial charge is 0.0991 e. The first kappa shape index (κ1) is 19.1. The second-order valence-electron chi connectivity index (χ2n) is 8.34. The number of hydrogen-bond donors (Lipinski definition) is 0. The lowest BCUT2D eigenvalue weighted by atomic mass is 9.87. The quantitative estimate of drug-likeness (QED) is 0.797. The standard InChI is InChI=1S/C24H29N3O/c1-26(17-20-6-3-2-4-7-20)23-15-24(28-19-23)10-12-27(13-11-24)18-22-9-5-8-21(14-22)16-25/h2-9,14,23H,10-13,15,17-19H2,1H3/t23-/m1/s1. The van der Waals surface area contributed by atoms with Gasteiger partial charge in [0.1, 0.15) is 0 Å². The minimum Gasteiger partial charge on any atom is -0.373 e. The molecule has 2 fully saturated rings. The summed E-state index contributed by atoms with van der Waals surface area (Å²) in [5.74, 6) is 0. The largest absolute Gasteiger partial charge is 0.373 e. The number of benzene rings is 2. The van der Waals surface area contributed by atoms with Crippen LogP contribution in [-0.4, -0.2) is 48.2 Å². The van der Waals surface area contributed by atoms with Crippen molar-refractivity contribution in [1.82, 2.24) is 9.80 Å². The van der Waals surface area contributed by atoms with Gasteiger partial charge < -0.3 is 4.74 Å². The minimum atomic E-state index is 0.0562. The van der Waals surface area contributed by atoms with Gasteiger partial charge in [-0.3, -0.25) is 9.80 Å². The molecule has 2 aliphatic heterocycles. The first-order chi connectivity index (χ1) is 13.7. The highest BCUT2D eigenvalue weighted by molar-refractivity contribution is 5.32. The highest BCUT2D eigenvalue weighted by Crippen LogP contribution is 2.38. The Morgan fingerprint density at radius 3 is 2.61 bits per heavy atom. The van der Waals surface area contributed by atoms with Gasteiger partial charge in [-0.15, -0.1) is 0 Å². The zero-order valence-electron chi connectivity index (χ0n) is 16.7. The maximum Gasteiger partial charge on any atom is 0.0991 e. The molecular formula is C24H29N3O. The first-order valence-electron chi connectivity index (χ1n) is 10.3. The fourth-order valence-electron chi connectivity index (χ4n) is 4.57. The molecule has 1 spiro atoms. The van der Waals surface area contributed by atoms with E-state index in [0.717, 1.165) is 57.6 Å². The Balaban J connectivity index is 1.29. The van der Waals surface area contributed by atoms with Gasteiger partial charge in [-0.2, -0.15) is 5.26 Å². The molecule has 0 unspecified atom stereocenters. The molecule has 0 bridgehead atoms. The molecule has 4 heteroatoms. The van der Waals surface area contributed by atoms with E-state index in [1.54, 1.807) is 0 Å². The Bertz CT molecular complexity index is 821. The Kier molecular flexibility index (Phi) is 5.77. The van der Waals surface area contributed by atoms with Crippen LogP contribution in [0.1, 0.15) is 36.0 Å². The highest BCUT2D eigenvalue weighted by atomic mass is 16.5. The second kappa shape index (κ2) is 8.45. The topological polar surface area (TPSA) is 39.5 Å². The lowest BCUT2D eigenvalue weighted by Crippen LogP contribution is -2.44. The SMILES string of the molecule is CN(Cc1ccccc1)[C@H]1COC2(CCN(Cc3cccc(C#N)c3)CC2)C1. The van der Waals surface area contributed by atoms with E-state index in [1.165, 1.54) is 11.1 Å². The molecule has 0 N–H and O–H groups in total. The Labute approximate surface area is 168 Å². The fraction of sp³-hybridized carbons (Fsp3) is 0.458. The third-order valence-corrected chi connectivity index (χ3v) is 6.32. The summed E-state index contributed by atoms with van der Waals surface area (Å²) < 4.78 is 6.38. The molecule has 2 aromatic carbocycles. The molecule has 4 nitrogen and oxygen atoms in total. The third kappa shape index (κ3) is 4.44. The van der Waals surface area contributed by atoms with Crippen molar-refractivity contribution in [2.75, 3.05) is 26.7 Å². The lowest BCUT2D eigenvalue weighted by molar-refractivity contribution is -0.0452. The van der Waals surface area contributed by atoms with Crippen molar-refractivity contribution >= 4 is 0 Å². The fourth-order valence-corrected chi connectivity index (χ4v) is 4.57. The van der Waals surface area contributed by atoms with E-state index in [1.807, 2.05) is 18.2 Å². The van der Waals surface area contributed by atoms with Crippen LogP contribution < -0.4 is 0 Å². The van der Waals surface area contributed by atoms with Crippen LogP contribution in [0.25, 0.3) is 0 Å². The van der Waals surface area contributed by atoms with Gasteiger partial charge in [0, 0.05) is 32.2 Å². The summed E-state index contributed by atoms with van der Waals surface area (Å²) >= 11 is 0. The molecule has 146 valence electrons. The van der Waals surface area contributed by atoms with E-state index < -0.39 is 0 Å². The molecule has 2 saturated heterocycles. The summed E-state index contributed by atoms with van der Waals surface area (Å²) in [6, 6.07) is 21.4. The van der Waals surface area contributed by atoms with E-state index in [0.29, 0.717) is 6.04 Å². The van der Waals surface area contributed by atoms with Crippen LogP contribution >= 0.6 is 0 Å². The first-order valence-corrected chi connectivity index (χ1v) is 10.3. The van der Waals surface area contributed by atoms with Crippen molar-refractivity contribution in [1.29, 1.82) is 5.26 Å². The Hall–Kier alpha value is -2.19. The molecule has 0 aliphatic carbocycles. The van der Waals surface area contributed by atoms with E-state index in [-0.39, 0.29) is 5.60 Å². The van der Waals surface area contributed by atoms with Gasteiger partial charge in [0.25, 0.3) is 0 Å². The number of likely N-dealkylation sites (tertiary alicyclic amines) is 1. The molecule has 2 heterocycles. The molecule has 2 aromatic rings. The van der Waals surface area contributed by atoms with Gasteiger partial charge in [0.15, 0.2) is 0 Å². The maximum atomic E-state index is 9.09. The summed E-state index contributed by atoms with van der Waals surface area (Å²) in [6.45, 7) is 4.86. The molecular weight excluding hydrogens is 346 g/mol. The summed E-state index contributed by atoms with van der Waals surface area (Å²) in [7, 11) is 2.22. The maximum absolute atomic E-state index is 9.09. The number of hydrogen-bond acceptors (Lipinski definition) is 4. The van der Waals surface area contributed by atoms with Crippen LogP contribution in [0.3, 0.4) is 0 Å². The normalized spacial score (nSPS) is 21.8.